The average molecular weight is 387 g/mol. The standard InChI is InChI=1S/C19H12F3N3O3/c20-19(21,22)13-4-5-15-16(10-13)23-17-12(6-7-24(17)18(15)26)8-11-2-1-3-14(9-11)25(27)28/h1-5,8-10H,6-7H2/b12-8-. The number of rotatable bonds is 2. The summed E-state index contributed by atoms with van der Waals surface area (Å²) in [6.07, 6.45) is -2.42. The Morgan fingerprint density at radius 1 is 1.18 bits per heavy atom. The molecular weight excluding hydrogens is 375 g/mol. The Morgan fingerprint density at radius 2 is 1.96 bits per heavy atom. The van der Waals surface area contributed by atoms with Crippen molar-refractivity contribution in [3.8, 4) is 0 Å². The fourth-order valence-electron chi connectivity index (χ4n) is 3.26. The Hall–Kier alpha value is -3.49. The van der Waals surface area contributed by atoms with Gasteiger partial charge in [-0.15, -0.1) is 0 Å². The summed E-state index contributed by atoms with van der Waals surface area (Å²) in [5.74, 6) is 0.281. The van der Waals surface area contributed by atoms with Crippen molar-refractivity contribution in [3.05, 3.63) is 79.9 Å². The van der Waals surface area contributed by atoms with Crippen LogP contribution in [0.25, 0.3) is 22.6 Å². The highest BCUT2D eigenvalue weighted by atomic mass is 19.4. The molecule has 1 aliphatic rings. The molecule has 3 aromatic rings. The molecule has 0 amide bonds. The van der Waals surface area contributed by atoms with Gasteiger partial charge in [0, 0.05) is 18.7 Å². The molecule has 0 fully saturated rings. The third-order valence-electron chi connectivity index (χ3n) is 4.60. The highest BCUT2D eigenvalue weighted by Gasteiger charge is 2.31. The molecule has 0 saturated heterocycles. The Labute approximate surface area is 155 Å². The molecule has 0 atom stereocenters. The monoisotopic (exact) mass is 387 g/mol. The molecule has 142 valence electrons. The largest absolute Gasteiger partial charge is 0.416 e. The molecule has 1 aliphatic heterocycles. The lowest BCUT2D eigenvalue weighted by Gasteiger charge is -2.09. The quantitative estimate of drug-likeness (QED) is 0.486. The molecule has 0 N–H and O–H groups in total. The fraction of sp³-hybridized carbons (Fsp3) is 0.158. The smallest absolute Gasteiger partial charge is 0.292 e. The van der Waals surface area contributed by atoms with Crippen molar-refractivity contribution in [2.24, 2.45) is 0 Å². The van der Waals surface area contributed by atoms with Crippen LogP contribution in [0.1, 0.15) is 23.4 Å². The highest BCUT2D eigenvalue weighted by molar-refractivity contribution is 5.85. The van der Waals surface area contributed by atoms with Crippen LogP contribution in [0, 0.1) is 10.1 Å². The maximum atomic E-state index is 13.0. The van der Waals surface area contributed by atoms with Gasteiger partial charge in [0.15, 0.2) is 0 Å². The Bertz CT molecular complexity index is 1210. The lowest BCUT2D eigenvalue weighted by Crippen LogP contribution is -2.21. The summed E-state index contributed by atoms with van der Waals surface area (Å²) in [5, 5.41) is 11.0. The first-order valence-electron chi connectivity index (χ1n) is 8.31. The fourth-order valence-corrected chi connectivity index (χ4v) is 3.26. The number of nitrogens with zero attached hydrogens (tertiary/aromatic N) is 3. The number of nitro groups is 1. The second-order valence-electron chi connectivity index (χ2n) is 6.39. The summed E-state index contributed by atoms with van der Waals surface area (Å²) in [7, 11) is 0. The lowest BCUT2D eigenvalue weighted by atomic mass is 10.1. The SMILES string of the molecule is O=c1c2ccc(C(F)(F)F)cc2nc2n1CC/C2=C/c1cccc([N+](=O)[O-])c1. The van der Waals surface area contributed by atoms with Gasteiger partial charge in [-0.05, 0) is 41.8 Å². The van der Waals surface area contributed by atoms with Crippen LogP contribution in [0.5, 0.6) is 0 Å². The van der Waals surface area contributed by atoms with Crippen molar-refractivity contribution in [2.75, 3.05) is 0 Å². The van der Waals surface area contributed by atoms with Crippen LogP contribution in [0.15, 0.2) is 47.3 Å². The van der Waals surface area contributed by atoms with E-state index in [-0.39, 0.29) is 22.4 Å². The number of hydrogen-bond acceptors (Lipinski definition) is 4. The van der Waals surface area contributed by atoms with Gasteiger partial charge in [-0.25, -0.2) is 4.98 Å². The number of nitro benzene ring substituents is 1. The van der Waals surface area contributed by atoms with Gasteiger partial charge < -0.3 is 0 Å². The molecule has 0 radical (unpaired) electrons. The number of fused-ring (bicyclic) bond motifs is 2. The van der Waals surface area contributed by atoms with E-state index in [2.05, 4.69) is 4.98 Å². The molecule has 6 nitrogen and oxygen atoms in total. The third kappa shape index (κ3) is 3.04. The van der Waals surface area contributed by atoms with Crippen LogP contribution in [0.2, 0.25) is 0 Å². The Kier molecular flexibility index (Phi) is 4.02. The summed E-state index contributed by atoms with van der Waals surface area (Å²) in [6, 6.07) is 8.83. The molecule has 2 aromatic carbocycles. The minimum atomic E-state index is -4.54. The average Bonchev–Trinajstić information content (AvgIpc) is 3.04. The van der Waals surface area contributed by atoms with E-state index in [1.807, 2.05) is 0 Å². The molecular formula is C19H12F3N3O3. The Balaban J connectivity index is 1.86. The van der Waals surface area contributed by atoms with E-state index in [0.717, 1.165) is 18.2 Å². The molecule has 0 aliphatic carbocycles. The van der Waals surface area contributed by atoms with E-state index in [9.17, 15) is 28.1 Å². The molecule has 0 spiro atoms. The molecule has 2 heterocycles. The summed E-state index contributed by atoms with van der Waals surface area (Å²) >= 11 is 0. The topological polar surface area (TPSA) is 78.0 Å². The van der Waals surface area contributed by atoms with Gasteiger partial charge >= 0.3 is 6.18 Å². The number of alkyl halides is 3. The van der Waals surface area contributed by atoms with E-state index in [4.69, 9.17) is 0 Å². The minimum absolute atomic E-state index is 0.0297. The van der Waals surface area contributed by atoms with Crippen LogP contribution < -0.4 is 5.56 Å². The maximum Gasteiger partial charge on any atom is 0.416 e. The maximum absolute atomic E-state index is 13.0. The molecule has 4 rings (SSSR count). The van der Waals surface area contributed by atoms with Crippen LogP contribution in [-0.4, -0.2) is 14.5 Å². The van der Waals surface area contributed by atoms with Gasteiger partial charge in [-0.3, -0.25) is 19.5 Å². The first-order valence-corrected chi connectivity index (χ1v) is 8.31. The predicted octanol–water partition coefficient (Wildman–Crippen LogP) is 4.27. The van der Waals surface area contributed by atoms with Crippen LogP contribution in [0.4, 0.5) is 18.9 Å². The summed E-state index contributed by atoms with van der Waals surface area (Å²) in [6.45, 7) is 0.346. The number of hydrogen-bond donors (Lipinski definition) is 0. The summed E-state index contributed by atoms with van der Waals surface area (Å²) in [4.78, 5) is 27.3. The van der Waals surface area contributed by atoms with Gasteiger partial charge in [0.1, 0.15) is 5.82 Å². The summed E-state index contributed by atoms with van der Waals surface area (Å²) in [5.41, 5.74) is -0.202. The van der Waals surface area contributed by atoms with Gasteiger partial charge in [0.2, 0.25) is 0 Å². The number of allylic oxidation sites excluding steroid dienone is 1. The first-order chi connectivity index (χ1) is 13.2. The lowest BCUT2D eigenvalue weighted by molar-refractivity contribution is -0.384. The van der Waals surface area contributed by atoms with Gasteiger partial charge in [0.05, 0.1) is 21.4 Å². The Morgan fingerprint density at radius 3 is 2.68 bits per heavy atom. The second kappa shape index (κ2) is 6.29. The zero-order valence-electron chi connectivity index (χ0n) is 14.2. The molecule has 28 heavy (non-hydrogen) atoms. The van der Waals surface area contributed by atoms with E-state index < -0.39 is 22.2 Å². The van der Waals surface area contributed by atoms with E-state index in [0.29, 0.717) is 24.1 Å². The number of aromatic nitrogens is 2. The van der Waals surface area contributed by atoms with Crippen molar-refractivity contribution < 1.29 is 18.1 Å². The predicted molar refractivity (Wildman–Crippen MR) is 96.6 cm³/mol. The van der Waals surface area contributed by atoms with Crippen molar-refractivity contribution in [3.63, 3.8) is 0 Å². The molecule has 0 bridgehead atoms. The molecule has 9 heteroatoms. The highest BCUT2D eigenvalue weighted by Crippen LogP contribution is 2.32. The minimum Gasteiger partial charge on any atom is -0.292 e. The van der Waals surface area contributed by atoms with Crippen molar-refractivity contribution in [1.82, 2.24) is 9.55 Å². The van der Waals surface area contributed by atoms with E-state index in [1.165, 1.54) is 22.8 Å². The molecule has 0 unspecified atom stereocenters. The zero-order chi connectivity index (χ0) is 20.1. The van der Waals surface area contributed by atoms with Gasteiger partial charge in [-0.2, -0.15) is 13.2 Å². The third-order valence-corrected chi connectivity index (χ3v) is 4.60. The molecule has 0 saturated carbocycles. The van der Waals surface area contributed by atoms with Crippen LogP contribution >= 0.6 is 0 Å². The van der Waals surface area contributed by atoms with E-state index >= 15 is 0 Å². The van der Waals surface area contributed by atoms with Crippen molar-refractivity contribution in [1.29, 1.82) is 0 Å². The van der Waals surface area contributed by atoms with Gasteiger partial charge in [-0.1, -0.05) is 12.1 Å². The number of non-ortho nitro benzene ring substituents is 1. The zero-order valence-corrected chi connectivity index (χ0v) is 14.2. The second-order valence-corrected chi connectivity index (χ2v) is 6.39. The number of benzene rings is 2. The van der Waals surface area contributed by atoms with Gasteiger partial charge in [0.25, 0.3) is 11.2 Å². The van der Waals surface area contributed by atoms with Crippen LogP contribution in [-0.2, 0) is 12.7 Å². The van der Waals surface area contributed by atoms with Crippen LogP contribution in [0.3, 0.4) is 0 Å². The normalized spacial score (nSPS) is 15.2. The molecule has 1 aromatic heterocycles. The van der Waals surface area contributed by atoms with Crippen molar-refractivity contribution in [2.45, 2.75) is 19.1 Å². The van der Waals surface area contributed by atoms with E-state index in [1.54, 1.807) is 12.1 Å². The van der Waals surface area contributed by atoms with Crippen molar-refractivity contribution >= 4 is 28.2 Å². The number of halogens is 3. The summed E-state index contributed by atoms with van der Waals surface area (Å²) < 4.78 is 40.4. The first kappa shape index (κ1) is 17.9.